The van der Waals surface area contributed by atoms with Crippen molar-refractivity contribution >= 4 is 11.8 Å². The van der Waals surface area contributed by atoms with Gasteiger partial charge >= 0.3 is 6.09 Å². The molecule has 2 rings (SSSR count). The van der Waals surface area contributed by atoms with Crippen molar-refractivity contribution in [3.05, 3.63) is 0 Å². The molecule has 0 spiro atoms. The molecule has 0 aromatic heterocycles. The highest BCUT2D eigenvalue weighted by Crippen LogP contribution is 2.16. The van der Waals surface area contributed by atoms with Gasteiger partial charge in [-0.15, -0.1) is 0 Å². The molecule has 2 aliphatic rings. The molecular weight excluding hydrogens is 270 g/mol. The van der Waals surface area contributed by atoms with Gasteiger partial charge in [0, 0.05) is 51.9 Å². The fraction of sp³-hybridized carbons (Fsp3) is 0.867. The lowest BCUT2D eigenvalue weighted by Gasteiger charge is -2.31. The number of carbonyl (C=O) groups excluding carboxylic acids is 1. The number of rotatable bonds is 2. The molecule has 1 amide bonds. The summed E-state index contributed by atoms with van der Waals surface area (Å²) in [6.45, 7) is 9.09. The van der Waals surface area contributed by atoms with Gasteiger partial charge in [-0.05, 0) is 25.9 Å². The molecule has 0 atom stereocenters. The fourth-order valence-corrected chi connectivity index (χ4v) is 2.48. The number of piperidine rings is 2. The van der Waals surface area contributed by atoms with E-state index >= 15 is 0 Å². The molecule has 2 fully saturated rings. The van der Waals surface area contributed by atoms with E-state index in [1.165, 1.54) is 5.71 Å². The van der Waals surface area contributed by atoms with Gasteiger partial charge in [-0.2, -0.15) is 0 Å². The number of hydrogen-bond acceptors (Lipinski definition) is 4. The Morgan fingerprint density at radius 1 is 1.24 bits per heavy atom. The summed E-state index contributed by atoms with van der Waals surface area (Å²) in [6.07, 6.45) is 3.69. The molecule has 21 heavy (non-hydrogen) atoms. The third kappa shape index (κ3) is 5.53. The fourth-order valence-electron chi connectivity index (χ4n) is 2.48. The van der Waals surface area contributed by atoms with Crippen molar-refractivity contribution in [1.82, 2.24) is 10.2 Å². The maximum absolute atomic E-state index is 12.0. The minimum absolute atomic E-state index is 0.172. The number of nitrogens with zero attached hydrogens (tertiary/aromatic N) is 1. The zero-order valence-electron chi connectivity index (χ0n) is 13.4. The largest absolute Gasteiger partial charge is 0.444 e. The number of carbonyl (C=O) groups is 1. The summed E-state index contributed by atoms with van der Waals surface area (Å²) < 4.78 is 5.39. The van der Waals surface area contributed by atoms with E-state index in [0.29, 0.717) is 13.1 Å². The van der Waals surface area contributed by atoms with Crippen molar-refractivity contribution in [3.63, 3.8) is 0 Å². The first-order valence-corrected chi connectivity index (χ1v) is 7.89. The van der Waals surface area contributed by atoms with Crippen LogP contribution in [-0.2, 0) is 9.57 Å². The molecule has 2 heterocycles. The maximum Gasteiger partial charge on any atom is 0.410 e. The molecular formula is C15H28N3O3+. The van der Waals surface area contributed by atoms with Crippen LogP contribution >= 0.6 is 0 Å². The maximum atomic E-state index is 12.0. The van der Waals surface area contributed by atoms with E-state index < -0.39 is 5.60 Å². The second-order valence-electron chi connectivity index (χ2n) is 6.74. The minimum atomic E-state index is -0.433. The third-order valence-corrected chi connectivity index (χ3v) is 3.67. The molecule has 2 saturated heterocycles. The zero-order valence-corrected chi connectivity index (χ0v) is 13.4. The predicted octanol–water partition coefficient (Wildman–Crippen LogP) is 0.223. The lowest BCUT2D eigenvalue weighted by molar-refractivity contribution is -0.766. The zero-order chi connectivity index (χ0) is 15.3. The molecule has 2 N–H and O–H groups in total. The minimum Gasteiger partial charge on any atom is -0.444 e. The normalized spacial score (nSPS) is 21.1. The summed E-state index contributed by atoms with van der Waals surface area (Å²) in [5.74, 6) is 0. The van der Waals surface area contributed by atoms with Crippen LogP contribution in [0, 0.1) is 0 Å². The van der Waals surface area contributed by atoms with Crippen LogP contribution in [0.5, 0.6) is 0 Å². The van der Waals surface area contributed by atoms with E-state index in [0.717, 1.165) is 38.8 Å². The van der Waals surface area contributed by atoms with Crippen LogP contribution in [0.1, 0.15) is 46.5 Å². The van der Waals surface area contributed by atoms with Gasteiger partial charge in [-0.3, -0.25) is 4.84 Å². The van der Waals surface area contributed by atoms with Crippen LogP contribution < -0.4 is 10.5 Å². The van der Waals surface area contributed by atoms with Crippen LogP contribution in [0.25, 0.3) is 0 Å². The molecule has 0 unspecified atom stereocenters. The monoisotopic (exact) mass is 298 g/mol. The molecule has 6 heteroatoms. The van der Waals surface area contributed by atoms with Crippen LogP contribution in [0.3, 0.4) is 0 Å². The average molecular weight is 298 g/mol. The summed E-state index contributed by atoms with van der Waals surface area (Å²) in [4.78, 5) is 19.5. The van der Waals surface area contributed by atoms with Crippen molar-refractivity contribution in [2.45, 2.75) is 58.2 Å². The highest BCUT2D eigenvalue weighted by molar-refractivity contribution is 5.79. The molecule has 0 aromatic rings. The summed E-state index contributed by atoms with van der Waals surface area (Å²) in [6, 6.07) is 0. The van der Waals surface area contributed by atoms with Gasteiger partial charge in [0.05, 0.1) is 0 Å². The first kappa shape index (κ1) is 16.1. The molecule has 0 bridgehead atoms. The topological polar surface area (TPSA) is 64.8 Å². The van der Waals surface area contributed by atoms with Gasteiger partial charge in [0.15, 0.2) is 6.10 Å². The number of likely N-dealkylation sites (tertiary alicyclic amines) is 1. The molecule has 2 aliphatic heterocycles. The SMILES string of the molecule is CC(C)(C)OC(=O)N1CCC(O[NH+]=C2CCNCC2)CC1. The first-order valence-electron chi connectivity index (χ1n) is 7.89. The van der Waals surface area contributed by atoms with Gasteiger partial charge < -0.3 is 15.0 Å². The van der Waals surface area contributed by atoms with Crippen LogP contribution in [0.15, 0.2) is 0 Å². The second-order valence-corrected chi connectivity index (χ2v) is 6.74. The van der Waals surface area contributed by atoms with Crippen molar-refractivity contribution < 1.29 is 19.5 Å². The van der Waals surface area contributed by atoms with E-state index in [1.807, 2.05) is 20.8 Å². The quantitative estimate of drug-likeness (QED) is 0.716. The Balaban J connectivity index is 1.71. The number of nitrogens with one attached hydrogen (secondary N) is 2. The summed E-state index contributed by atoms with van der Waals surface area (Å²) >= 11 is 0. The van der Waals surface area contributed by atoms with Gasteiger partial charge in [0.25, 0.3) is 0 Å². The van der Waals surface area contributed by atoms with E-state index in [-0.39, 0.29) is 12.2 Å². The van der Waals surface area contributed by atoms with Gasteiger partial charge in [-0.25, -0.2) is 4.79 Å². The third-order valence-electron chi connectivity index (χ3n) is 3.67. The lowest BCUT2D eigenvalue weighted by atomic mass is 10.1. The average Bonchev–Trinajstić information content (AvgIpc) is 2.45. The summed E-state index contributed by atoms with van der Waals surface area (Å²) in [5.41, 5.74) is 0.834. The Kier molecular flexibility index (Phi) is 5.45. The van der Waals surface area contributed by atoms with E-state index in [9.17, 15) is 4.79 Å². The second kappa shape index (κ2) is 7.11. The van der Waals surface area contributed by atoms with Crippen molar-refractivity contribution in [2.24, 2.45) is 0 Å². The number of hydrogen-bond donors (Lipinski definition) is 2. The first-order chi connectivity index (χ1) is 9.94. The Morgan fingerprint density at radius 2 is 1.86 bits per heavy atom. The Bertz CT molecular complexity index is 374. The van der Waals surface area contributed by atoms with Crippen LogP contribution in [0.2, 0.25) is 0 Å². The smallest absolute Gasteiger partial charge is 0.410 e. The van der Waals surface area contributed by atoms with E-state index in [1.54, 1.807) is 4.90 Å². The molecule has 6 nitrogen and oxygen atoms in total. The van der Waals surface area contributed by atoms with Gasteiger partial charge in [0.2, 0.25) is 5.71 Å². The van der Waals surface area contributed by atoms with Crippen LogP contribution in [-0.4, -0.2) is 54.6 Å². The highest BCUT2D eigenvalue weighted by atomic mass is 16.6. The molecule has 0 radical (unpaired) electrons. The predicted molar refractivity (Wildman–Crippen MR) is 80.0 cm³/mol. The van der Waals surface area contributed by atoms with Crippen molar-refractivity contribution in [2.75, 3.05) is 26.2 Å². The van der Waals surface area contributed by atoms with Gasteiger partial charge in [-0.1, -0.05) is 0 Å². The van der Waals surface area contributed by atoms with E-state index in [2.05, 4.69) is 10.5 Å². The molecule has 0 saturated carbocycles. The number of amides is 1. The Labute approximate surface area is 126 Å². The Morgan fingerprint density at radius 3 is 2.43 bits per heavy atom. The van der Waals surface area contributed by atoms with Crippen molar-refractivity contribution in [3.8, 4) is 0 Å². The molecule has 120 valence electrons. The molecule has 0 aliphatic carbocycles. The van der Waals surface area contributed by atoms with Crippen molar-refractivity contribution in [1.29, 1.82) is 0 Å². The standard InChI is InChI=1S/C15H27N3O3/c1-15(2,3)20-14(19)18-10-6-13(7-11-18)21-17-12-4-8-16-9-5-12/h13,16H,4-11H2,1-3H3/p+1. The van der Waals surface area contributed by atoms with Crippen LogP contribution in [0.4, 0.5) is 4.79 Å². The Hall–Kier alpha value is -1.30. The van der Waals surface area contributed by atoms with Gasteiger partial charge in [0.1, 0.15) is 5.60 Å². The number of ether oxygens (including phenoxy) is 1. The lowest BCUT2D eigenvalue weighted by Crippen LogP contribution is -2.75. The summed E-state index contributed by atoms with van der Waals surface area (Å²) in [7, 11) is 0. The molecule has 0 aromatic carbocycles. The van der Waals surface area contributed by atoms with E-state index in [4.69, 9.17) is 9.57 Å². The summed E-state index contributed by atoms with van der Waals surface area (Å²) in [5, 5.41) is 6.43. The highest BCUT2D eigenvalue weighted by Gasteiger charge is 2.28.